The highest BCUT2D eigenvalue weighted by Gasteiger charge is 2.39. The van der Waals surface area contributed by atoms with Crippen molar-refractivity contribution in [3.8, 4) is 22.6 Å². The fourth-order valence-electron chi connectivity index (χ4n) is 6.39. The molecular formula is C37H42N2O5. The summed E-state index contributed by atoms with van der Waals surface area (Å²) in [6, 6.07) is 29.1. The number of hydrogen-bond donors (Lipinski definition) is 2. The van der Waals surface area contributed by atoms with Crippen LogP contribution in [0.3, 0.4) is 0 Å². The van der Waals surface area contributed by atoms with Gasteiger partial charge in [-0.25, -0.2) is 0 Å². The van der Waals surface area contributed by atoms with Crippen molar-refractivity contribution >= 4 is 0 Å². The molecule has 7 nitrogen and oxygen atoms in total. The number of aliphatic hydroxyl groups is 1. The number of fused-ring (bicyclic) bond motifs is 1. The van der Waals surface area contributed by atoms with Gasteiger partial charge in [-0.2, -0.15) is 0 Å². The van der Waals surface area contributed by atoms with Crippen LogP contribution >= 0.6 is 0 Å². The molecule has 6 rings (SSSR count). The van der Waals surface area contributed by atoms with Gasteiger partial charge in [0.25, 0.3) is 0 Å². The van der Waals surface area contributed by atoms with Crippen molar-refractivity contribution in [2.45, 2.75) is 51.5 Å². The normalized spacial score (nSPS) is 21.9. The van der Waals surface area contributed by atoms with Crippen molar-refractivity contribution in [2.24, 2.45) is 11.7 Å². The molecule has 2 aliphatic rings. The van der Waals surface area contributed by atoms with Gasteiger partial charge in [-0.05, 0) is 63.6 Å². The van der Waals surface area contributed by atoms with Crippen LogP contribution in [0.15, 0.2) is 84.9 Å². The van der Waals surface area contributed by atoms with Crippen LogP contribution in [0.4, 0.5) is 0 Å². The van der Waals surface area contributed by atoms with E-state index in [9.17, 15) is 5.11 Å². The van der Waals surface area contributed by atoms with E-state index in [1.165, 1.54) is 11.1 Å². The van der Waals surface area contributed by atoms with E-state index in [2.05, 4.69) is 72.5 Å². The SMILES string of the molecule is COc1cc2c(cc1OC)CN(C[C@@H]1O[C@H](c3ccc(-c4cccc(CN)c4)cc3)O[C@H](c3ccc(CO)cc3)[C@@H]1C)CC2. The van der Waals surface area contributed by atoms with Crippen molar-refractivity contribution in [3.05, 3.63) is 118 Å². The third-order valence-electron chi connectivity index (χ3n) is 9.04. The monoisotopic (exact) mass is 594 g/mol. The molecule has 1 saturated heterocycles. The Hall–Kier alpha value is -3.72. The van der Waals surface area contributed by atoms with Crippen molar-refractivity contribution in [1.82, 2.24) is 4.90 Å². The lowest BCUT2D eigenvalue weighted by molar-refractivity contribution is -0.276. The van der Waals surface area contributed by atoms with Gasteiger partial charge in [-0.15, -0.1) is 0 Å². The molecule has 7 heteroatoms. The number of rotatable bonds is 9. The topological polar surface area (TPSA) is 86.4 Å². The van der Waals surface area contributed by atoms with E-state index in [-0.39, 0.29) is 24.7 Å². The molecular weight excluding hydrogens is 552 g/mol. The van der Waals surface area contributed by atoms with E-state index in [4.69, 9.17) is 24.7 Å². The van der Waals surface area contributed by atoms with Gasteiger partial charge < -0.3 is 29.8 Å². The van der Waals surface area contributed by atoms with Crippen LogP contribution in [-0.4, -0.2) is 43.4 Å². The third kappa shape index (κ3) is 6.39. The number of nitrogens with two attached hydrogens (primary N) is 1. The predicted octanol–water partition coefficient (Wildman–Crippen LogP) is 6.17. The Kier molecular flexibility index (Phi) is 9.31. The molecule has 0 spiro atoms. The second kappa shape index (κ2) is 13.5. The first-order valence-electron chi connectivity index (χ1n) is 15.4. The Morgan fingerprint density at radius 3 is 2.20 bits per heavy atom. The number of nitrogens with zero attached hydrogens (tertiary/aromatic N) is 1. The summed E-state index contributed by atoms with van der Waals surface area (Å²) in [4.78, 5) is 2.47. The molecule has 0 unspecified atom stereocenters. The third-order valence-corrected chi connectivity index (χ3v) is 9.04. The van der Waals surface area contributed by atoms with Crippen LogP contribution in [0, 0.1) is 5.92 Å². The summed E-state index contributed by atoms with van der Waals surface area (Å²) in [5.41, 5.74) is 14.8. The molecule has 2 aliphatic heterocycles. The number of hydrogen-bond acceptors (Lipinski definition) is 7. The van der Waals surface area contributed by atoms with Crippen LogP contribution in [0.1, 0.15) is 52.7 Å². The minimum absolute atomic E-state index is 0.0172. The fourth-order valence-corrected chi connectivity index (χ4v) is 6.39. The first kappa shape index (κ1) is 30.3. The van der Waals surface area contributed by atoms with E-state index in [1.807, 2.05) is 24.3 Å². The Labute approximate surface area is 260 Å². The molecule has 0 aromatic heterocycles. The number of benzene rings is 4. The molecule has 3 N–H and O–H groups in total. The second-order valence-electron chi connectivity index (χ2n) is 11.8. The summed E-state index contributed by atoms with van der Waals surface area (Å²) in [7, 11) is 3.36. The first-order chi connectivity index (χ1) is 21.5. The number of ether oxygens (including phenoxy) is 4. The number of aliphatic hydroxyl groups excluding tert-OH is 1. The Balaban J connectivity index is 1.25. The summed E-state index contributed by atoms with van der Waals surface area (Å²) in [5, 5.41) is 9.59. The molecule has 0 aliphatic carbocycles. The van der Waals surface area contributed by atoms with Crippen molar-refractivity contribution in [3.63, 3.8) is 0 Å². The fraction of sp³-hybridized carbons (Fsp3) is 0.351. The van der Waals surface area contributed by atoms with Gasteiger partial charge >= 0.3 is 0 Å². The second-order valence-corrected chi connectivity index (χ2v) is 11.8. The van der Waals surface area contributed by atoms with Gasteiger partial charge in [0.2, 0.25) is 0 Å². The minimum Gasteiger partial charge on any atom is -0.493 e. The highest BCUT2D eigenvalue weighted by molar-refractivity contribution is 5.64. The molecule has 4 aromatic rings. The molecule has 0 bridgehead atoms. The molecule has 1 fully saturated rings. The lowest BCUT2D eigenvalue weighted by Gasteiger charge is -2.43. The molecule has 4 atom stereocenters. The lowest BCUT2D eigenvalue weighted by Crippen LogP contribution is -2.45. The summed E-state index contributed by atoms with van der Waals surface area (Å²) in [5.74, 6) is 1.64. The van der Waals surface area contributed by atoms with Crippen molar-refractivity contribution in [1.29, 1.82) is 0 Å². The Morgan fingerprint density at radius 1 is 0.818 bits per heavy atom. The molecule has 0 radical (unpaired) electrons. The van der Waals surface area contributed by atoms with Crippen LogP contribution < -0.4 is 15.2 Å². The highest BCUT2D eigenvalue weighted by Crippen LogP contribution is 2.43. The Morgan fingerprint density at radius 2 is 1.52 bits per heavy atom. The average Bonchev–Trinajstić information content (AvgIpc) is 3.08. The van der Waals surface area contributed by atoms with Crippen LogP contribution in [0.5, 0.6) is 11.5 Å². The molecule has 4 aromatic carbocycles. The van der Waals surface area contributed by atoms with E-state index < -0.39 is 6.29 Å². The molecule has 230 valence electrons. The number of methoxy groups -OCH3 is 2. The van der Waals surface area contributed by atoms with Gasteiger partial charge in [-0.3, -0.25) is 4.90 Å². The summed E-state index contributed by atoms with van der Waals surface area (Å²) >= 11 is 0. The average molecular weight is 595 g/mol. The maximum atomic E-state index is 9.59. The van der Waals surface area contributed by atoms with Gasteiger partial charge in [-0.1, -0.05) is 73.7 Å². The summed E-state index contributed by atoms with van der Waals surface area (Å²) in [6.07, 6.45) is 0.215. The van der Waals surface area contributed by atoms with Gasteiger partial charge in [0, 0.05) is 37.7 Å². The lowest BCUT2D eigenvalue weighted by atomic mass is 9.89. The Bertz CT molecular complexity index is 1560. The summed E-state index contributed by atoms with van der Waals surface area (Å²) < 4.78 is 24.6. The largest absolute Gasteiger partial charge is 0.493 e. The minimum atomic E-state index is -0.510. The predicted molar refractivity (Wildman–Crippen MR) is 171 cm³/mol. The van der Waals surface area contributed by atoms with E-state index >= 15 is 0 Å². The zero-order valence-corrected chi connectivity index (χ0v) is 25.7. The van der Waals surface area contributed by atoms with Crippen molar-refractivity contribution in [2.75, 3.05) is 27.3 Å². The highest BCUT2D eigenvalue weighted by atomic mass is 16.7. The zero-order valence-electron chi connectivity index (χ0n) is 25.7. The van der Waals surface area contributed by atoms with Gasteiger partial charge in [0.05, 0.1) is 33.0 Å². The maximum absolute atomic E-state index is 9.59. The van der Waals surface area contributed by atoms with E-state index in [0.717, 1.165) is 70.9 Å². The van der Waals surface area contributed by atoms with E-state index in [0.29, 0.717) is 6.54 Å². The van der Waals surface area contributed by atoms with Gasteiger partial charge in [0.1, 0.15) is 0 Å². The standard InChI is InChI=1S/C37H42N2O5/c1-24-35(22-39-16-15-31-18-33(41-2)34(42-3)19-32(31)21-39)43-37(44-36(24)28-9-7-25(23-40)8-10-28)29-13-11-27(12-14-29)30-6-4-5-26(17-30)20-38/h4-14,17-19,24,35-37,40H,15-16,20-23,38H2,1-3H3/t24-,35+,36+,37+/m1/s1. The molecule has 0 amide bonds. The molecule has 2 heterocycles. The maximum Gasteiger partial charge on any atom is 0.184 e. The zero-order chi connectivity index (χ0) is 30.6. The van der Waals surface area contributed by atoms with Gasteiger partial charge in [0.15, 0.2) is 17.8 Å². The summed E-state index contributed by atoms with van der Waals surface area (Å²) in [6.45, 7) is 5.28. The smallest absolute Gasteiger partial charge is 0.184 e. The van der Waals surface area contributed by atoms with E-state index in [1.54, 1.807) is 14.2 Å². The van der Waals surface area contributed by atoms with Crippen LogP contribution in [0.2, 0.25) is 0 Å². The molecule has 0 saturated carbocycles. The van der Waals surface area contributed by atoms with Crippen molar-refractivity contribution < 1.29 is 24.1 Å². The molecule has 44 heavy (non-hydrogen) atoms. The van der Waals surface area contributed by atoms with Crippen LogP contribution in [0.25, 0.3) is 11.1 Å². The first-order valence-corrected chi connectivity index (χ1v) is 15.4. The quantitative estimate of drug-likeness (QED) is 0.240. The van der Waals surface area contributed by atoms with Crippen LogP contribution in [-0.2, 0) is 35.6 Å².